The van der Waals surface area contributed by atoms with Gasteiger partial charge in [-0.05, 0) is 51.4 Å². The largest absolute Gasteiger partial charge is 0.394 e. The van der Waals surface area contributed by atoms with E-state index in [0.717, 1.165) is 13.1 Å². The summed E-state index contributed by atoms with van der Waals surface area (Å²) in [4.78, 5) is 2.55. The van der Waals surface area contributed by atoms with Crippen molar-refractivity contribution in [3.05, 3.63) is 0 Å². The van der Waals surface area contributed by atoms with Gasteiger partial charge in [0.05, 0.1) is 12.1 Å². The monoisotopic (exact) mass is 268 g/mol. The van der Waals surface area contributed by atoms with Crippen molar-refractivity contribution < 1.29 is 5.11 Å². The van der Waals surface area contributed by atoms with Crippen LogP contribution in [-0.4, -0.2) is 47.3 Å². The first-order valence-corrected chi connectivity index (χ1v) is 8.09. The van der Waals surface area contributed by atoms with Gasteiger partial charge in [0, 0.05) is 25.2 Å². The van der Waals surface area contributed by atoms with Crippen LogP contribution < -0.4 is 5.32 Å². The van der Waals surface area contributed by atoms with Gasteiger partial charge in [0.15, 0.2) is 0 Å². The summed E-state index contributed by atoms with van der Waals surface area (Å²) in [5, 5.41) is 13.8. The molecule has 0 aliphatic heterocycles. The van der Waals surface area contributed by atoms with E-state index in [4.69, 9.17) is 0 Å². The lowest BCUT2D eigenvalue weighted by molar-refractivity contribution is 0.0690. The second-order valence-corrected chi connectivity index (χ2v) is 7.42. The third-order valence-electron chi connectivity index (χ3n) is 4.53. The molecule has 0 heterocycles. The minimum Gasteiger partial charge on any atom is -0.394 e. The third-order valence-corrected chi connectivity index (χ3v) is 4.53. The first-order valence-electron chi connectivity index (χ1n) is 8.09. The van der Waals surface area contributed by atoms with E-state index >= 15 is 0 Å². The Morgan fingerprint density at radius 2 is 1.79 bits per heavy atom. The minimum atomic E-state index is -0.0413. The van der Waals surface area contributed by atoms with Gasteiger partial charge in [-0.1, -0.05) is 13.8 Å². The van der Waals surface area contributed by atoms with E-state index in [1.807, 2.05) is 0 Å². The predicted octanol–water partition coefficient (Wildman–Crippen LogP) is 2.25. The Balaban J connectivity index is 2.03. The molecular formula is C16H32N2O. The van der Waals surface area contributed by atoms with Gasteiger partial charge in [-0.3, -0.25) is 4.90 Å². The van der Waals surface area contributed by atoms with Crippen LogP contribution in [0.2, 0.25) is 0 Å². The average Bonchev–Trinajstić information content (AvgIpc) is 3.18. The van der Waals surface area contributed by atoms with Gasteiger partial charge in [-0.15, -0.1) is 0 Å². The van der Waals surface area contributed by atoms with E-state index in [2.05, 4.69) is 37.9 Å². The minimum absolute atomic E-state index is 0.0413. The SMILES string of the molecule is CC(C)CN(CC(CO)(NC1CC1)C1CC1)C(C)C. The maximum absolute atomic E-state index is 10.0. The van der Waals surface area contributed by atoms with Crippen molar-refractivity contribution in [1.82, 2.24) is 10.2 Å². The number of aliphatic hydroxyl groups excluding tert-OH is 1. The molecule has 0 aromatic heterocycles. The average molecular weight is 268 g/mol. The van der Waals surface area contributed by atoms with E-state index in [1.165, 1.54) is 25.7 Å². The Morgan fingerprint density at radius 1 is 1.16 bits per heavy atom. The highest BCUT2D eigenvalue weighted by atomic mass is 16.3. The normalized spacial score (nSPS) is 23.4. The van der Waals surface area contributed by atoms with Crippen LogP contribution in [0.1, 0.15) is 53.4 Å². The van der Waals surface area contributed by atoms with Crippen LogP contribution in [0.15, 0.2) is 0 Å². The standard InChI is InChI=1S/C16H32N2O/c1-12(2)9-18(13(3)4)10-16(11-19,14-5-6-14)17-15-7-8-15/h12-15,17,19H,5-11H2,1-4H3. The molecule has 112 valence electrons. The van der Waals surface area contributed by atoms with E-state index in [0.29, 0.717) is 23.9 Å². The Bertz CT molecular complexity index is 284. The predicted molar refractivity (Wildman–Crippen MR) is 80.2 cm³/mol. The molecule has 2 aliphatic carbocycles. The molecule has 0 saturated heterocycles. The van der Waals surface area contributed by atoms with Crippen LogP contribution in [0.3, 0.4) is 0 Å². The molecule has 0 aromatic rings. The highest BCUT2D eigenvalue weighted by molar-refractivity contribution is 5.06. The van der Waals surface area contributed by atoms with E-state index < -0.39 is 0 Å². The first-order chi connectivity index (χ1) is 8.97. The number of rotatable bonds is 9. The highest BCUT2D eigenvalue weighted by Crippen LogP contribution is 2.42. The maximum Gasteiger partial charge on any atom is 0.0628 e. The molecule has 3 heteroatoms. The second-order valence-electron chi connectivity index (χ2n) is 7.42. The zero-order valence-corrected chi connectivity index (χ0v) is 13.2. The molecule has 0 aromatic carbocycles. The van der Waals surface area contributed by atoms with Crippen LogP contribution in [0.4, 0.5) is 0 Å². The molecular weight excluding hydrogens is 236 g/mol. The molecule has 1 unspecified atom stereocenters. The molecule has 2 N–H and O–H groups in total. The summed E-state index contributed by atoms with van der Waals surface area (Å²) in [5.41, 5.74) is -0.0413. The zero-order valence-electron chi connectivity index (χ0n) is 13.2. The van der Waals surface area contributed by atoms with Crippen LogP contribution in [0.25, 0.3) is 0 Å². The summed E-state index contributed by atoms with van der Waals surface area (Å²) >= 11 is 0. The third kappa shape index (κ3) is 4.17. The lowest BCUT2D eigenvalue weighted by Gasteiger charge is -2.41. The van der Waals surface area contributed by atoms with Gasteiger partial charge in [0.25, 0.3) is 0 Å². The van der Waals surface area contributed by atoms with E-state index in [-0.39, 0.29) is 12.1 Å². The van der Waals surface area contributed by atoms with Crippen molar-refractivity contribution in [2.75, 3.05) is 19.7 Å². The molecule has 2 fully saturated rings. The summed E-state index contributed by atoms with van der Waals surface area (Å²) in [7, 11) is 0. The highest BCUT2D eigenvalue weighted by Gasteiger charge is 2.48. The topological polar surface area (TPSA) is 35.5 Å². The zero-order chi connectivity index (χ0) is 14.0. The van der Waals surface area contributed by atoms with Crippen molar-refractivity contribution in [3.63, 3.8) is 0 Å². The summed E-state index contributed by atoms with van der Waals surface area (Å²) in [5.74, 6) is 1.37. The molecule has 3 nitrogen and oxygen atoms in total. The molecule has 1 atom stereocenters. The number of nitrogens with zero attached hydrogens (tertiary/aromatic N) is 1. The lowest BCUT2D eigenvalue weighted by atomic mass is 9.92. The fourth-order valence-electron chi connectivity index (χ4n) is 3.08. The number of nitrogens with one attached hydrogen (secondary N) is 1. The van der Waals surface area contributed by atoms with E-state index in [1.54, 1.807) is 0 Å². The van der Waals surface area contributed by atoms with E-state index in [9.17, 15) is 5.11 Å². The molecule has 19 heavy (non-hydrogen) atoms. The van der Waals surface area contributed by atoms with Gasteiger partial charge >= 0.3 is 0 Å². The molecule has 0 amide bonds. The number of aliphatic hydroxyl groups is 1. The van der Waals surface area contributed by atoms with Crippen molar-refractivity contribution in [2.24, 2.45) is 11.8 Å². The van der Waals surface area contributed by atoms with Gasteiger partial charge < -0.3 is 10.4 Å². The molecule has 2 aliphatic rings. The fourth-order valence-corrected chi connectivity index (χ4v) is 3.08. The Kier molecular flexibility index (Phi) is 4.91. The Hall–Kier alpha value is -0.120. The number of hydrogen-bond acceptors (Lipinski definition) is 3. The van der Waals surface area contributed by atoms with Gasteiger partial charge in [0.1, 0.15) is 0 Å². The molecule has 0 spiro atoms. The van der Waals surface area contributed by atoms with Crippen LogP contribution in [0, 0.1) is 11.8 Å². The number of hydrogen-bond donors (Lipinski definition) is 2. The molecule has 2 saturated carbocycles. The van der Waals surface area contributed by atoms with Crippen LogP contribution in [0.5, 0.6) is 0 Å². The maximum atomic E-state index is 10.0. The lowest BCUT2D eigenvalue weighted by Crippen LogP contribution is -2.60. The van der Waals surface area contributed by atoms with Crippen molar-refractivity contribution in [2.45, 2.75) is 71.0 Å². The molecule has 2 rings (SSSR count). The van der Waals surface area contributed by atoms with Gasteiger partial charge in [-0.25, -0.2) is 0 Å². The van der Waals surface area contributed by atoms with Crippen molar-refractivity contribution >= 4 is 0 Å². The summed E-state index contributed by atoms with van der Waals surface area (Å²) in [6.07, 6.45) is 5.16. The van der Waals surface area contributed by atoms with Crippen molar-refractivity contribution in [3.8, 4) is 0 Å². The quantitative estimate of drug-likeness (QED) is 0.673. The van der Waals surface area contributed by atoms with Crippen LogP contribution in [-0.2, 0) is 0 Å². The second kappa shape index (κ2) is 6.11. The fraction of sp³-hybridized carbons (Fsp3) is 1.00. The molecule has 0 radical (unpaired) electrons. The van der Waals surface area contributed by atoms with Crippen molar-refractivity contribution in [1.29, 1.82) is 0 Å². The Morgan fingerprint density at radius 3 is 2.16 bits per heavy atom. The smallest absolute Gasteiger partial charge is 0.0628 e. The molecule has 0 bridgehead atoms. The van der Waals surface area contributed by atoms with Gasteiger partial charge in [-0.2, -0.15) is 0 Å². The summed E-state index contributed by atoms with van der Waals surface area (Å²) in [6, 6.07) is 1.22. The first kappa shape index (κ1) is 15.3. The van der Waals surface area contributed by atoms with Gasteiger partial charge in [0.2, 0.25) is 0 Å². The summed E-state index contributed by atoms with van der Waals surface area (Å²) in [6.45, 7) is 11.5. The summed E-state index contributed by atoms with van der Waals surface area (Å²) < 4.78 is 0. The van der Waals surface area contributed by atoms with Crippen LogP contribution >= 0.6 is 0 Å². The Labute approximate surface area is 118 Å².